The van der Waals surface area contributed by atoms with Crippen molar-refractivity contribution in [3.05, 3.63) is 53.7 Å². The molecule has 9 heteroatoms. The van der Waals surface area contributed by atoms with Gasteiger partial charge in [0.25, 0.3) is 5.91 Å². The summed E-state index contributed by atoms with van der Waals surface area (Å²) in [7, 11) is 1.40. The highest BCUT2D eigenvalue weighted by atomic mass is 19.1. The standard InChI is InChI=1S/C26H31FN4O4/c1-16(5-4-13-32)10-14-35-21-15-28-11-8-17(21)23-24(22-19(30-23)9-12-29-26(22)33)31-20-7-3-6-18(27)25(20)34-2/h3,6-8,11,15-16,30-32H,4-5,9-10,12-14H2,1-2H3,(H,29,33). The Labute approximate surface area is 203 Å². The summed E-state index contributed by atoms with van der Waals surface area (Å²) in [6.45, 7) is 3.34. The number of aliphatic hydroxyl groups excluding tert-OH is 1. The number of halogens is 1. The molecule has 3 aromatic rings. The van der Waals surface area contributed by atoms with Crippen molar-refractivity contribution in [1.29, 1.82) is 0 Å². The molecular weight excluding hydrogens is 451 g/mol. The number of para-hydroxylation sites is 1. The van der Waals surface area contributed by atoms with Crippen LogP contribution in [0.5, 0.6) is 11.5 Å². The zero-order chi connectivity index (χ0) is 24.8. The molecule has 0 bridgehead atoms. The smallest absolute Gasteiger partial charge is 0.255 e. The average molecular weight is 483 g/mol. The molecule has 1 atom stereocenters. The van der Waals surface area contributed by atoms with Crippen molar-refractivity contribution in [3.8, 4) is 22.8 Å². The quantitative estimate of drug-likeness (QED) is 0.322. The molecule has 1 aliphatic rings. The minimum absolute atomic E-state index is 0.0627. The summed E-state index contributed by atoms with van der Waals surface area (Å²) in [5.74, 6) is 0.348. The van der Waals surface area contributed by atoms with E-state index in [9.17, 15) is 9.18 Å². The van der Waals surface area contributed by atoms with Crippen LogP contribution in [0.15, 0.2) is 36.7 Å². The number of pyridine rings is 1. The maximum absolute atomic E-state index is 14.4. The van der Waals surface area contributed by atoms with Crippen molar-refractivity contribution in [2.45, 2.75) is 32.6 Å². The van der Waals surface area contributed by atoms with Gasteiger partial charge in [-0.2, -0.15) is 0 Å². The summed E-state index contributed by atoms with van der Waals surface area (Å²) < 4.78 is 25.8. The van der Waals surface area contributed by atoms with Gasteiger partial charge in [-0.3, -0.25) is 9.78 Å². The number of hydrogen-bond acceptors (Lipinski definition) is 6. The Morgan fingerprint density at radius 1 is 1.29 bits per heavy atom. The minimum Gasteiger partial charge on any atom is -0.492 e. The van der Waals surface area contributed by atoms with Gasteiger partial charge < -0.3 is 30.2 Å². The SMILES string of the molecule is COc1c(F)cccc1Nc1c(-c2ccncc2OCCC(C)CCCO)[nH]c2c1C(=O)NCC2. The number of aromatic nitrogens is 2. The Morgan fingerprint density at radius 2 is 2.14 bits per heavy atom. The summed E-state index contributed by atoms with van der Waals surface area (Å²) >= 11 is 0. The number of rotatable bonds is 11. The monoisotopic (exact) mass is 482 g/mol. The van der Waals surface area contributed by atoms with E-state index in [4.69, 9.17) is 14.6 Å². The number of anilines is 2. The van der Waals surface area contributed by atoms with Gasteiger partial charge >= 0.3 is 0 Å². The molecule has 1 aromatic carbocycles. The molecule has 4 rings (SSSR count). The van der Waals surface area contributed by atoms with Gasteiger partial charge in [-0.15, -0.1) is 0 Å². The number of aliphatic hydroxyl groups is 1. The summed E-state index contributed by atoms with van der Waals surface area (Å²) in [6, 6.07) is 6.43. The van der Waals surface area contributed by atoms with Crippen molar-refractivity contribution < 1.29 is 23.8 Å². The summed E-state index contributed by atoms with van der Waals surface area (Å²) in [5.41, 5.74) is 3.60. The van der Waals surface area contributed by atoms with Crippen LogP contribution in [0.2, 0.25) is 0 Å². The molecule has 0 saturated heterocycles. The van der Waals surface area contributed by atoms with E-state index in [0.717, 1.165) is 30.5 Å². The first-order valence-electron chi connectivity index (χ1n) is 11.8. The molecule has 0 radical (unpaired) electrons. The number of aromatic amines is 1. The average Bonchev–Trinajstić information content (AvgIpc) is 3.22. The highest BCUT2D eigenvalue weighted by Gasteiger charge is 2.29. The van der Waals surface area contributed by atoms with E-state index in [1.165, 1.54) is 13.2 Å². The first-order valence-corrected chi connectivity index (χ1v) is 11.8. The van der Waals surface area contributed by atoms with Crippen LogP contribution >= 0.6 is 0 Å². The zero-order valence-electron chi connectivity index (χ0n) is 20.0. The Hall–Kier alpha value is -3.59. The van der Waals surface area contributed by atoms with E-state index < -0.39 is 5.82 Å². The maximum atomic E-state index is 14.4. The molecule has 2 aromatic heterocycles. The maximum Gasteiger partial charge on any atom is 0.255 e. The Morgan fingerprint density at radius 3 is 2.94 bits per heavy atom. The second-order valence-electron chi connectivity index (χ2n) is 8.66. The number of nitrogens with one attached hydrogen (secondary N) is 3. The largest absolute Gasteiger partial charge is 0.492 e. The van der Waals surface area contributed by atoms with Crippen molar-refractivity contribution in [2.75, 3.05) is 32.2 Å². The lowest BCUT2D eigenvalue weighted by Crippen LogP contribution is -2.31. The molecule has 0 saturated carbocycles. The highest BCUT2D eigenvalue weighted by molar-refractivity contribution is 6.06. The third-order valence-corrected chi connectivity index (χ3v) is 6.17. The summed E-state index contributed by atoms with van der Waals surface area (Å²) in [4.78, 5) is 20.5. The van der Waals surface area contributed by atoms with Crippen LogP contribution in [0.25, 0.3) is 11.3 Å². The topological polar surface area (TPSA) is 108 Å². The first kappa shape index (κ1) is 24.5. The van der Waals surface area contributed by atoms with Gasteiger partial charge in [-0.05, 0) is 43.4 Å². The van der Waals surface area contributed by atoms with Gasteiger partial charge in [-0.25, -0.2) is 4.39 Å². The third kappa shape index (κ3) is 5.40. The predicted molar refractivity (Wildman–Crippen MR) is 132 cm³/mol. The number of benzene rings is 1. The Kier molecular flexibility index (Phi) is 7.87. The van der Waals surface area contributed by atoms with Gasteiger partial charge in [0.1, 0.15) is 5.75 Å². The van der Waals surface area contributed by atoms with Crippen molar-refractivity contribution in [2.24, 2.45) is 5.92 Å². The van der Waals surface area contributed by atoms with Gasteiger partial charge in [0.15, 0.2) is 11.6 Å². The number of carbonyl (C=O) groups is 1. The number of amides is 1. The van der Waals surface area contributed by atoms with E-state index in [-0.39, 0.29) is 18.3 Å². The number of methoxy groups -OCH3 is 1. The molecule has 186 valence electrons. The molecule has 3 heterocycles. The van der Waals surface area contributed by atoms with Crippen molar-refractivity contribution >= 4 is 17.3 Å². The van der Waals surface area contributed by atoms with Crippen LogP contribution in [0.4, 0.5) is 15.8 Å². The lowest BCUT2D eigenvalue weighted by molar-refractivity contribution is 0.0947. The molecule has 35 heavy (non-hydrogen) atoms. The van der Waals surface area contributed by atoms with E-state index in [1.807, 2.05) is 6.07 Å². The van der Waals surface area contributed by atoms with Crippen LogP contribution in [0.3, 0.4) is 0 Å². The van der Waals surface area contributed by atoms with Crippen LogP contribution in [-0.4, -0.2) is 47.8 Å². The number of carbonyl (C=O) groups excluding carboxylic acids is 1. The molecule has 4 N–H and O–H groups in total. The van der Waals surface area contributed by atoms with E-state index >= 15 is 0 Å². The fourth-order valence-electron chi connectivity index (χ4n) is 4.31. The lowest BCUT2D eigenvalue weighted by Gasteiger charge is -2.17. The molecule has 0 fully saturated rings. The Balaban J connectivity index is 1.70. The summed E-state index contributed by atoms with van der Waals surface area (Å²) in [6.07, 6.45) is 6.50. The molecule has 1 amide bonds. The fourth-order valence-corrected chi connectivity index (χ4v) is 4.31. The van der Waals surface area contributed by atoms with Gasteiger partial charge in [0.05, 0.1) is 42.5 Å². The molecular formula is C26H31FN4O4. The predicted octanol–water partition coefficient (Wildman–Crippen LogP) is 4.43. The number of H-pyrrole nitrogens is 1. The second kappa shape index (κ2) is 11.2. The number of hydrogen-bond donors (Lipinski definition) is 4. The third-order valence-electron chi connectivity index (χ3n) is 6.17. The normalized spacial score (nSPS) is 13.7. The highest BCUT2D eigenvalue weighted by Crippen LogP contribution is 2.42. The fraction of sp³-hybridized carbons (Fsp3) is 0.385. The zero-order valence-corrected chi connectivity index (χ0v) is 20.0. The Bertz CT molecular complexity index is 1180. The van der Waals surface area contributed by atoms with Crippen LogP contribution < -0.4 is 20.1 Å². The van der Waals surface area contributed by atoms with Crippen LogP contribution in [0, 0.1) is 11.7 Å². The van der Waals surface area contributed by atoms with E-state index in [2.05, 4.69) is 27.5 Å². The van der Waals surface area contributed by atoms with Crippen LogP contribution in [0.1, 0.15) is 42.2 Å². The molecule has 8 nitrogen and oxygen atoms in total. The van der Waals surface area contributed by atoms with Crippen LogP contribution in [-0.2, 0) is 6.42 Å². The van der Waals surface area contributed by atoms with Gasteiger partial charge in [0.2, 0.25) is 0 Å². The lowest BCUT2D eigenvalue weighted by atomic mass is 10.0. The molecule has 1 unspecified atom stereocenters. The van der Waals surface area contributed by atoms with Crippen molar-refractivity contribution in [1.82, 2.24) is 15.3 Å². The molecule has 1 aliphatic heterocycles. The second-order valence-corrected chi connectivity index (χ2v) is 8.66. The van der Waals surface area contributed by atoms with Gasteiger partial charge in [0, 0.05) is 37.0 Å². The number of ether oxygens (including phenoxy) is 2. The van der Waals surface area contributed by atoms with Gasteiger partial charge in [-0.1, -0.05) is 13.0 Å². The number of nitrogens with zero attached hydrogens (tertiary/aromatic N) is 1. The molecule has 0 aliphatic carbocycles. The summed E-state index contributed by atoms with van der Waals surface area (Å²) in [5, 5.41) is 15.2. The minimum atomic E-state index is -0.504. The van der Waals surface area contributed by atoms with E-state index in [0.29, 0.717) is 53.9 Å². The van der Waals surface area contributed by atoms with E-state index in [1.54, 1.807) is 24.5 Å². The first-order chi connectivity index (χ1) is 17.0. The molecule has 0 spiro atoms. The number of fused-ring (bicyclic) bond motifs is 1. The van der Waals surface area contributed by atoms with Crippen molar-refractivity contribution in [3.63, 3.8) is 0 Å².